The van der Waals surface area contributed by atoms with Crippen molar-refractivity contribution in [1.29, 1.82) is 0 Å². The highest BCUT2D eigenvalue weighted by atomic mass is 35.5. The largest absolute Gasteiger partial charge is 0.299 e. The third kappa shape index (κ3) is 3.04. The van der Waals surface area contributed by atoms with Crippen LogP contribution >= 0.6 is 34.8 Å². The first-order chi connectivity index (χ1) is 7.66. The molecule has 0 bridgehead atoms. The molecule has 0 atom stereocenters. The van der Waals surface area contributed by atoms with Crippen molar-refractivity contribution in [3.8, 4) is 0 Å². The highest BCUT2D eigenvalue weighted by Crippen LogP contribution is 2.27. The molecule has 0 unspecified atom stereocenters. The van der Waals surface area contributed by atoms with Crippen LogP contribution in [0.15, 0.2) is 18.2 Å². The zero-order valence-corrected chi connectivity index (χ0v) is 11.2. The number of likely N-dealkylation sites (tertiary alicyclic amines) is 1. The molecule has 1 fully saturated rings. The summed E-state index contributed by atoms with van der Waals surface area (Å²) >= 11 is 18.3. The van der Waals surface area contributed by atoms with E-state index in [-0.39, 0.29) is 0 Å². The molecule has 2 rings (SSSR count). The number of halogens is 3. The van der Waals surface area contributed by atoms with Gasteiger partial charge in [0.2, 0.25) is 0 Å². The fraction of sp³-hybridized carbons (Fsp3) is 0.500. The van der Waals surface area contributed by atoms with Gasteiger partial charge in [-0.2, -0.15) is 0 Å². The van der Waals surface area contributed by atoms with Gasteiger partial charge in [0.25, 0.3) is 0 Å². The van der Waals surface area contributed by atoms with Crippen molar-refractivity contribution >= 4 is 34.8 Å². The molecule has 1 aliphatic rings. The summed E-state index contributed by atoms with van der Waals surface area (Å²) in [7, 11) is 0. The Morgan fingerprint density at radius 1 is 1.12 bits per heavy atom. The van der Waals surface area contributed by atoms with Gasteiger partial charge in [-0.25, -0.2) is 0 Å². The smallest absolute Gasteiger partial charge is 0.0465 e. The summed E-state index contributed by atoms with van der Waals surface area (Å²) in [6.45, 7) is 2.87. The Balaban J connectivity index is 2.04. The van der Waals surface area contributed by atoms with Crippen LogP contribution < -0.4 is 0 Å². The fourth-order valence-corrected chi connectivity index (χ4v) is 2.68. The first kappa shape index (κ1) is 12.5. The molecule has 1 aliphatic heterocycles. The van der Waals surface area contributed by atoms with Crippen LogP contribution in [0.3, 0.4) is 0 Å². The summed E-state index contributed by atoms with van der Waals surface area (Å²) in [6.07, 6.45) is 2.09. The van der Waals surface area contributed by atoms with E-state index in [9.17, 15) is 0 Å². The molecule has 1 saturated heterocycles. The van der Waals surface area contributed by atoms with Gasteiger partial charge < -0.3 is 0 Å². The van der Waals surface area contributed by atoms with Crippen LogP contribution in [0.1, 0.15) is 18.4 Å². The average Bonchev–Trinajstić information content (AvgIpc) is 2.26. The molecule has 16 heavy (non-hydrogen) atoms. The summed E-state index contributed by atoms with van der Waals surface area (Å²) < 4.78 is 0. The van der Waals surface area contributed by atoms with Gasteiger partial charge in [0.05, 0.1) is 0 Å². The van der Waals surface area contributed by atoms with Crippen LogP contribution in [-0.2, 0) is 6.54 Å². The molecule has 4 heteroatoms. The van der Waals surface area contributed by atoms with Crippen molar-refractivity contribution in [3.63, 3.8) is 0 Å². The molecule has 0 saturated carbocycles. The maximum absolute atomic E-state index is 6.14. The van der Waals surface area contributed by atoms with E-state index in [0.717, 1.165) is 48.1 Å². The van der Waals surface area contributed by atoms with E-state index in [0.29, 0.717) is 5.38 Å². The highest BCUT2D eigenvalue weighted by Gasteiger charge is 2.18. The summed E-state index contributed by atoms with van der Waals surface area (Å²) in [5, 5.41) is 1.83. The van der Waals surface area contributed by atoms with E-state index >= 15 is 0 Å². The van der Waals surface area contributed by atoms with Gasteiger partial charge in [-0.1, -0.05) is 29.3 Å². The van der Waals surface area contributed by atoms with Crippen molar-refractivity contribution in [2.45, 2.75) is 24.8 Å². The molecule has 1 nitrogen and oxygen atoms in total. The van der Waals surface area contributed by atoms with Gasteiger partial charge >= 0.3 is 0 Å². The van der Waals surface area contributed by atoms with Crippen LogP contribution in [0.2, 0.25) is 10.0 Å². The molecular weight excluding hydrogens is 264 g/mol. The first-order valence-electron chi connectivity index (χ1n) is 5.46. The third-order valence-electron chi connectivity index (χ3n) is 2.96. The zero-order chi connectivity index (χ0) is 11.5. The minimum absolute atomic E-state index is 0.331. The summed E-state index contributed by atoms with van der Waals surface area (Å²) in [4.78, 5) is 2.35. The molecule has 1 aromatic rings. The molecule has 1 aromatic carbocycles. The molecule has 0 aromatic heterocycles. The minimum Gasteiger partial charge on any atom is -0.299 e. The molecule has 0 radical (unpaired) electrons. The Hall–Kier alpha value is 0.0500. The summed E-state index contributed by atoms with van der Waals surface area (Å²) in [5.74, 6) is 0. The van der Waals surface area contributed by atoms with E-state index in [1.54, 1.807) is 0 Å². The van der Waals surface area contributed by atoms with Crippen molar-refractivity contribution in [2.24, 2.45) is 0 Å². The molecule has 0 amide bonds. The average molecular weight is 279 g/mol. The lowest BCUT2D eigenvalue weighted by atomic mass is 10.1. The Kier molecular flexibility index (Phi) is 4.37. The number of nitrogens with zero attached hydrogens (tertiary/aromatic N) is 1. The zero-order valence-electron chi connectivity index (χ0n) is 8.93. The maximum Gasteiger partial charge on any atom is 0.0465 e. The minimum atomic E-state index is 0.331. The van der Waals surface area contributed by atoms with Gasteiger partial charge in [-0.15, -0.1) is 11.6 Å². The number of rotatable bonds is 2. The van der Waals surface area contributed by atoms with Crippen molar-refractivity contribution in [1.82, 2.24) is 4.90 Å². The quantitative estimate of drug-likeness (QED) is 0.733. The van der Waals surface area contributed by atoms with Crippen molar-refractivity contribution < 1.29 is 0 Å². The second kappa shape index (κ2) is 5.59. The normalized spacial score (nSPS) is 18.9. The predicted octanol–water partition coefficient (Wildman–Crippen LogP) is 4.20. The number of benzene rings is 1. The van der Waals surface area contributed by atoms with Gasteiger partial charge in [-0.3, -0.25) is 4.90 Å². The third-order valence-corrected chi connectivity index (χ3v) is 4.11. The predicted molar refractivity (Wildman–Crippen MR) is 70.6 cm³/mol. The van der Waals surface area contributed by atoms with Crippen molar-refractivity contribution in [2.75, 3.05) is 13.1 Å². The van der Waals surface area contributed by atoms with Crippen LogP contribution in [0.5, 0.6) is 0 Å². The van der Waals surface area contributed by atoms with E-state index in [4.69, 9.17) is 34.8 Å². The van der Waals surface area contributed by atoms with Crippen LogP contribution in [0.4, 0.5) is 0 Å². The lowest BCUT2D eigenvalue weighted by Crippen LogP contribution is -2.33. The molecular formula is C12H14Cl3N. The Morgan fingerprint density at radius 3 is 2.25 bits per heavy atom. The maximum atomic E-state index is 6.14. The van der Waals surface area contributed by atoms with Crippen LogP contribution in [0.25, 0.3) is 0 Å². The van der Waals surface area contributed by atoms with Gasteiger partial charge in [0.15, 0.2) is 0 Å². The summed E-state index contributed by atoms with van der Waals surface area (Å²) in [5.41, 5.74) is 1.03. The number of hydrogen-bond donors (Lipinski definition) is 0. The second-order valence-corrected chi connectivity index (χ2v) is 5.58. The molecule has 1 heterocycles. The van der Waals surface area contributed by atoms with E-state index in [1.807, 2.05) is 18.2 Å². The van der Waals surface area contributed by atoms with Gasteiger partial charge in [-0.05, 0) is 38.1 Å². The SMILES string of the molecule is Clc1cccc(Cl)c1CN1CCC(Cl)CC1. The van der Waals surface area contributed by atoms with E-state index < -0.39 is 0 Å². The highest BCUT2D eigenvalue weighted by molar-refractivity contribution is 6.35. The Morgan fingerprint density at radius 2 is 1.69 bits per heavy atom. The van der Waals surface area contributed by atoms with Crippen LogP contribution in [-0.4, -0.2) is 23.4 Å². The molecule has 0 spiro atoms. The molecule has 0 N–H and O–H groups in total. The number of hydrogen-bond acceptors (Lipinski definition) is 1. The van der Waals surface area contributed by atoms with E-state index in [1.165, 1.54) is 0 Å². The van der Waals surface area contributed by atoms with Crippen LogP contribution in [0, 0.1) is 0 Å². The Labute approximate surface area is 111 Å². The van der Waals surface area contributed by atoms with Gasteiger partial charge in [0.1, 0.15) is 0 Å². The lowest BCUT2D eigenvalue weighted by molar-refractivity contribution is 0.223. The molecule has 88 valence electrons. The fourth-order valence-electron chi connectivity index (χ4n) is 1.97. The number of piperidine rings is 1. The first-order valence-corrected chi connectivity index (χ1v) is 6.65. The summed E-state index contributed by atoms with van der Waals surface area (Å²) in [6, 6.07) is 5.65. The molecule has 0 aliphatic carbocycles. The van der Waals surface area contributed by atoms with E-state index in [2.05, 4.69) is 4.90 Å². The topological polar surface area (TPSA) is 3.24 Å². The lowest BCUT2D eigenvalue weighted by Gasteiger charge is -2.29. The second-order valence-electron chi connectivity index (χ2n) is 4.15. The number of alkyl halides is 1. The Bertz CT molecular complexity index is 339. The van der Waals surface area contributed by atoms with Crippen molar-refractivity contribution in [3.05, 3.63) is 33.8 Å². The van der Waals surface area contributed by atoms with Gasteiger partial charge in [0, 0.05) is 27.5 Å². The monoisotopic (exact) mass is 277 g/mol. The standard InChI is InChI=1S/C12H14Cl3N/c13-9-4-6-16(7-5-9)8-10-11(14)2-1-3-12(10)15/h1-3,9H,4-8H2.